The molecule has 7 heteroatoms. The number of rotatable bonds is 6. The Morgan fingerprint density at radius 1 is 1.06 bits per heavy atom. The molecule has 4 rings (SSSR count). The lowest BCUT2D eigenvalue weighted by atomic mass is 9.95. The van der Waals surface area contributed by atoms with E-state index in [4.69, 9.17) is 9.97 Å². The molecular formula is C25H38N6O. The smallest absolute Gasteiger partial charge is 0.237 e. The quantitative estimate of drug-likeness (QED) is 0.703. The molecule has 2 aromatic rings. The molecule has 7 nitrogen and oxygen atoms in total. The number of piperidine rings is 1. The summed E-state index contributed by atoms with van der Waals surface area (Å²) in [5.41, 5.74) is 1.02. The lowest BCUT2D eigenvalue weighted by Crippen LogP contribution is -2.45. The third kappa shape index (κ3) is 5.87. The predicted molar refractivity (Wildman–Crippen MR) is 127 cm³/mol. The van der Waals surface area contributed by atoms with E-state index < -0.39 is 0 Å². The molecule has 32 heavy (non-hydrogen) atoms. The number of carbonyl (C=O) groups excluding carboxylic acids is 1. The van der Waals surface area contributed by atoms with Crippen LogP contribution in [0.15, 0.2) is 24.8 Å². The van der Waals surface area contributed by atoms with Gasteiger partial charge in [0.25, 0.3) is 0 Å². The Labute approximate surface area is 192 Å². The van der Waals surface area contributed by atoms with Crippen molar-refractivity contribution in [3.8, 4) is 5.95 Å². The Morgan fingerprint density at radius 2 is 1.81 bits per heavy atom. The Morgan fingerprint density at radius 3 is 2.53 bits per heavy atom. The summed E-state index contributed by atoms with van der Waals surface area (Å²) in [6, 6.07) is 2.64. The lowest BCUT2D eigenvalue weighted by Gasteiger charge is -2.37. The van der Waals surface area contributed by atoms with Gasteiger partial charge in [0.1, 0.15) is 12.1 Å². The normalized spacial score (nSPS) is 20.7. The number of carbonyl (C=O) groups is 1. The van der Waals surface area contributed by atoms with Crippen molar-refractivity contribution in [3.63, 3.8) is 0 Å². The SMILES string of the molecule is CC(C)c1cc(N2CCCCC2CC(=O)NC2CCCCCCC2)nc(-n2ccnc2)n1. The molecule has 1 atom stereocenters. The van der Waals surface area contributed by atoms with Gasteiger partial charge in [0.15, 0.2) is 0 Å². The van der Waals surface area contributed by atoms with E-state index >= 15 is 0 Å². The van der Waals surface area contributed by atoms with Gasteiger partial charge in [-0.1, -0.05) is 46.0 Å². The predicted octanol–water partition coefficient (Wildman–Crippen LogP) is 4.76. The number of aromatic nitrogens is 4. The second kappa shape index (κ2) is 10.9. The number of amides is 1. The molecule has 174 valence electrons. The summed E-state index contributed by atoms with van der Waals surface area (Å²) in [5, 5.41) is 3.36. The van der Waals surface area contributed by atoms with Crippen molar-refractivity contribution in [1.29, 1.82) is 0 Å². The monoisotopic (exact) mass is 438 g/mol. The van der Waals surface area contributed by atoms with Crippen molar-refractivity contribution in [2.24, 2.45) is 0 Å². The van der Waals surface area contributed by atoms with E-state index in [1.165, 1.54) is 32.1 Å². The molecule has 2 aliphatic rings. The van der Waals surface area contributed by atoms with Gasteiger partial charge in [-0.05, 0) is 38.0 Å². The molecule has 1 aliphatic heterocycles. The minimum Gasteiger partial charge on any atom is -0.353 e. The van der Waals surface area contributed by atoms with Crippen molar-refractivity contribution in [3.05, 3.63) is 30.5 Å². The maximum absolute atomic E-state index is 13.0. The average molecular weight is 439 g/mol. The Balaban J connectivity index is 1.49. The van der Waals surface area contributed by atoms with Crippen LogP contribution >= 0.6 is 0 Å². The van der Waals surface area contributed by atoms with Crippen LogP contribution in [0.3, 0.4) is 0 Å². The number of hydrogen-bond acceptors (Lipinski definition) is 5. The van der Waals surface area contributed by atoms with Gasteiger partial charge in [0.05, 0.1) is 5.69 Å². The van der Waals surface area contributed by atoms with Gasteiger partial charge in [-0.25, -0.2) is 9.97 Å². The van der Waals surface area contributed by atoms with Crippen molar-refractivity contribution < 1.29 is 4.79 Å². The molecule has 1 amide bonds. The highest BCUT2D eigenvalue weighted by molar-refractivity contribution is 5.77. The second-order valence-corrected chi connectivity index (χ2v) is 9.73. The molecule has 1 unspecified atom stereocenters. The zero-order valence-electron chi connectivity index (χ0n) is 19.7. The maximum Gasteiger partial charge on any atom is 0.237 e. The summed E-state index contributed by atoms with van der Waals surface area (Å²) >= 11 is 0. The topological polar surface area (TPSA) is 75.9 Å². The van der Waals surface area contributed by atoms with Crippen LogP contribution in [0.5, 0.6) is 0 Å². The highest BCUT2D eigenvalue weighted by Crippen LogP contribution is 2.28. The number of nitrogens with one attached hydrogen (secondary N) is 1. The van der Waals surface area contributed by atoms with Gasteiger partial charge in [-0.3, -0.25) is 9.36 Å². The second-order valence-electron chi connectivity index (χ2n) is 9.73. The van der Waals surface area contributed by atoms with Crippen molar-refractivity contribution in [2.75, 3.05) is 11.4 Å². The van der Waals surface area contributed by atoms with Crippen LogP contribution in [0.2, 0.25) is 0 Å². The van der Waals surface area contributed by atoms with Crippen LogP contribution in [-0.2, 0) is 4.79 Å². The fourth-order valence-electron chi connectivity index (χ4n) is 4.99. The van der Waals surface area contributed by atoms with Gasteiger partial charge in [0.2, 0.25) is 11.9 Å². The number of imidazole rings is 1. The summed E-state index contributed by atoms with van der Waals surface area (Å²) in [6.45, 7) is 5.24. The minimum atomic E-state index is 0.183. The standard InChI is InChI=1S/C25H38N6O/c1-19(2)22-17-23(29-25(28-22)30-15-13-26-18-30)31-14-9-8-12-21(31)16-24(32)27-20-10-6-4-3-5-7-11-20/h13,15,17-21H,3-12,14,16H2,1-2H3,(H,27,32). The molecule has 0 aromatic carbocycles. The van der Waals surface area contributed by atoms with Gasteiger partial charge in [-0.2, -0.15) is 4.98 Å². The first kappa shape index (κ1) is 22.7. The van der Waals surface area contributed by atoms with Crippen LogP contribution < -0.4 is 10.2 Å². The fourth-order valence-corrected chi connectivity index (χ4v) is 4.99. The van der Waals surface area contributed by atoms with Gasteiger partial charge >= 0.3 is 0 Å². The molecule has 2 aromatic heterocycles. The third-order valence-electron chi connectivity index (χ3n) is 6.86. The van der Waals surface area contributed by atoms with Gasteiger partial charge in [-0.15, -0.1) is 0 Å². The molecule has 3 heterocycles. The van der Waals surface area contributed by atoms with Crippen LogP contribution in [0.1, 0.15) is 96.1 Å². The summed E-state index contributed by atoms with van der Waals surface area (Å²) in [6.07, 6.45) is 17.9. The van der Waals surface area contributed by atoms with E-state index in [0.29, 0.717) is 24.3 Å². The lowest BCUT2D eigenvalue weighted by molar-refractivity contribution is -0.122. The molecule has 0 spiro atoms. The van der Waals surface area contributed by atoms with E-state index in [-0.39, 0.29) is 11.9 Å². The molecule has 1 saturated carbocycles. The maximum atomic E-state index is 13.0. The highest BCUT2D eigenvalue weighted by Gasteiger charge is 2.28. The minimum absolute atomic E-state index is 0.183. The van der Waals surface area contributed by atoms with Crippen molar-refractivity contribution in [2.45, 2.75) is 102 Å². The van der Waals surface area contributed by atoms with E-state index in [1.807, 2.05) is 10.8 Å². The van der Waals surface area contributed by atoms with Crippen molar-refractivity contribution >= 4 is 11.7 Å². The first-order chi connectivity index (χ1) is 15.6. The summed E-state index contributed by atoms with van der Waals surface area (Å²) in [4.78, 5) is 29.1. The van der Waals surface area contributed by atoms with Crippen LogP contribution in [0, 0.1) is 0 Å². The summed E-state index contributed by atoms with van der Waals surface area (Å²) < 4.78 is 1.86. The molecule has 0 radical (unpaired) electrons. The van der Waals surface area contributed by atoms with Crippen LogP contribution in [0.25, 0.3) is 5.95 Å². The van der Waals surface area contributed by atoms with E-state index in [0.717, 1.165) is 50.2 Å². The first-order valence-corrected chi connectivity index (χ1v) is 12.5. The number of anilines is 1. The first-order valence-electron chi connectivity index (χ1n) is 12.5. The van der Waals surface area contributed by atoms with Gasteiger partial charge < -0.3 is 10.2 Å². The van der Waals surface area contributed by atoms with E-state index in [9.17, 15) is 4.79 Å². The molecule has 1 N–H and O–H groups in total. The number of nitrogens with zero attached hydrogens (tertiary/aromatic N) is 5. The Bertz CT molecular complexity index is 857. The average Bonchev–Trinajstić information content (AvgIpc) is 3.31. The largest absolute Gasteiger partial charge is 0.353 e. The Hall–Kier alpha value is -2.44. The molecule has 2 fully saturated rings. The third-order valence-corrected chi connectivity index (χ3v) is 6.86. The molecule has 0 bridgehead atoms. The van der Waals surface area contributed by atoms with Crippen LogP contribution in [0.4, 0.5) is 5.82 Å². The summed E-state index contributed by atoms with van der Waals surface area (Å²) in [5.74, 6) is 2.06. The van der Waals surface area contributed by atoms with E-state index in [2.05, 4.69) is 35.1 Å². The van der Waals surface area contributed by atoms with E-state index in [1.54, 1.807) is 12.5 Å². The number of hydrogen-bond donors (Lipinski definition) is 1. The zero-order valence-corrected chi connectivity index (χ0v) is 19.7. The van der Waals surface area contributed by atoms with Crippen molar-refractivity contribution in [1.82, 2.24) is 24.8 Å². The van der Waals surface area contributed by atoms with Crippen LogP contribution in [-0.4, -0.2) is 44.1 Å². The highest BCUT2D eigenvalue weighted by atomic mass is 16.1. The molecular weight excluding hydrogens is 400 g/mol. The fraction of sp³-hybridized carbons (Fsp3) is 0.680. The molecule has 1 aliphatic carbocycles. The van der Waals surface area contributed by atoms with Gasteiger partial charge in [0, 0.05) is 43.5 Å². The Kier molecular flexibility index (Phi) is 7.76. The summed E-state index contributed by atoms with van der Waals surface area (Å²) in [7, 11) is 0. The zero-order chi connectivity index (χ0) is 22.3. The molecule has 1 saturated heterocycles.